The van der Waals surface area contributed by atoms with Gasteiger partial charge in [0.05, 0.1) is 13.2 Å². The number of hydrogen-bond acceptors (Lipinski definition) is 5. The molecule has 4 nitrogen and oxygen atoms in total. The largest absolute Gasteiger partial charge is 0.369 e. The molecule has 1 unspecified atom stereocenters. The van der Waals surface area contributed by atoms with Crippen molar-refractivity contribution >= 4 is 17.0 Å². The highest BCUT2D eigenvalue weighted by Crippen LogP contribution is 2.47. The van der Waals surface area contributed by atoms with Crippen LogP contribution in [0.5, 0.6) is 0 Å². The molecule has 2 fully saturated rings. The smallest absolute Gasteiger partial charge is 0.196 e. The summed E-state index contributed by atoms with van der Waals surface area (Å²) in [6, 6.07) is 13.0. The molecule has 2 aliphatic heterocycles. The van der Waals surface area contributed by atoms with Gasteiger partial charge in [0.2, 0.25) is 0 Å². The van der Waals surface area contributed by atoms with Crippen LogP contribution in [0.2, 0.25) is 0 Å². The summed E-state index contributed by atoms with van der Waals surface area (Å²) >= 11 is 1.87. The van der Waals surface area contributed by atoms with Gasteiger partial charge in [-0.3, -0.25) is 4.90 Å². The predicted molar refractivity (Wildman–Crippen MR) is 114 cm³/mol. The summed E-state index contributed by atoms with van der Waals surface area (Å²) in [5.74, 6) is 0.245. The molecule has 28 heavy (non-hydrogen) atoms. The fourth-order valence-electron chi connectivity index (χ4n) is 5.07. The molecule has 0 amide bonds. The number of benzene rings is 1. The lowest BCUT2D eigenvalue weighted by atomic mass is 9.81. The topological polar surface area (TPSA) is 24.9 Å². The maximum Gasteiger partial charge on any atom is 0.196 e. The molecular weight excluding hydrogens is 368 g/mol. The Morgan fingerprint density at radius 3 is 2.57 bits per heavy atom. The number of para-hydroxylation sites is 1. The fourth-order valence-corrected chi connectivity index (χ4v) is 6.12. The van der Waals surface area contributed by atoms with E-state index in [4.69, 9.17) is 9.47 Å². The SMILES string of the molecule is c1ccc(N2CCN(CCCC3Cc4sccc4C4(C3)OCCO4)CC2)cc1. The third-order valence-electron chi connectivity index (χ3n) is 6.52. The van der Waals surface area contributed by atoms with E-state index in [2.05, 4.69) is 51.6 Å². The maximum absolute atomic E-state index is 6.12. The van der Waals surface area contributed by atoms with Gasteiger partial charge in [0.15, 0.2) is 5.79 Å². The van der Waals surface area contributed by atoms with Crippen LogP contribution < -0.4 is 4.90 Å². The molecule has 1 aromatic carbocycles. The fraction of sp³-hybridized carbons (Fsp3) is 0.565. The molecule has 1 aromatic heterocycles. The minimum atomic E-state index is -0.431. The monoisotopic (exact) mass is 398 g/mol. The Kier molecular flexibility index (Phi) is 5.42. The quantitative estimate of drug-likeness (QED) is 0.757. The van der Waals surface area contributed by atoms with Crippen LogP contribution in [0.1, 0.15) is 29.7 Å². The van der Waals surface area contributed by atoms with Crippen LogP contribution in [0.25, 0.3) is 0 Å². The molecule has 1 spiro atoms. The maximum atomic E-state index is 6.12. The average molecular weight is 399 g/mol. The van der Waals surface area contributed by atoms with Gasteiger partial charge in [-0.1, -0.05) is 18.2 Å². The van der Waals surface area contributed by atoms with E-state index in [0.717, 1.165) is 32.7 Å². The number of nitrogens with zero attached hydrogens (tertiary/aromatic N) is 2. The van der Waals surface area contributed by atoms with E-state index in [9.17, 15) is 0 Å². The molecular formula is C23H30N2O2S. The minimum absolute atomic E-state index is 0.431. The predicted octanol–water partition coefficient (Wildman–Crippen LogP) is 4.11. The lowest BCUT2D eigenvalue weighted by Gasteiger charge is -2.38. The first kappa shape index (κ1) is 18.6. The standard InChI is InChI=1S/C23H30N2O2S/c1-2-6-20(7-3-1)25-12-10-24(11-13-25)9-4-5-19-17-22-21(8-16-28-22)23(18-19)26-14-15-27-23/h1-3,6-8,16,19H,4-5,9-15,17-18H2. The van der Waals surface area contributed by atoms with Crippen molar-refractivity contribution < 1.29 is 9.47 Å². The van der Waals surface area contributed by atoms with Gasteiger partial charge in [0.25, 0.3) is 0 Å². The van der Waals surface area contributed by atoms with Crippen molar-refractivity contribution in [3.8, 4) is 0 Å². The number of piperazine rings is 1. The van der Waals surface area contributed by atoms with Crippen LogP contribution in [0.4, 0.5) is 5.69 Å². The zero-order chi connectivity index (χ0) is 18.8. The van der Waals surface area contributed by atoms with Gasteiger partial charge >= 0.3 is 0 Å². The minimum Gasteiger partial charge on any atom is -0.369 e. The van der Waals surface area contributed by atoms with E-state index in [1.807, 2.05) is 11.3 Å². The van der Waals surface area contributed by atoms with Gasteiger partial charge < -0.3 is 14.4 Å². The summed E-state index contributed by atoms with van der Waals surface area (Å²) in [7, 11) is 0. The molecule has 3 heterocycles. The summed E-state index contributed by atoms with van der Waals surface area (Å²) in [5, 5.41) is 2.20. The van der Waals surface area contributed by atoms with Crippen molar-refractivity contribution in [2.24, 2.45) is 5.92 Å². The van der Waals surface area contributed by atoms with E-state index in [1.54, 1.807) is 0 Å². The van der Waals surface area contributed by atoms with E-state index in [0.29, 0.717) is 5.92 Å². The molecule has 0 bridgehead atoms. The first-order valence-corrected chi connectivity index (χ1v) is 11.6. The number of fused-ring (bicyclic) bond motifs is 2. The Morgan fingerprint density at radius 1 is 1.00 bits per heavy atom. The van der Waals surface area contributed by atoms with Crippen LogP contribution in [0.15, 0.2) is 41.8 Å². The van der Waals surface area contributed by atoms with E-state index in [-0.39, 0.29) is 0 Å². The van der Waals surface area contributed by atoms with Crippen LogP contribution in [0, 0.1) is 5.92 Å². The number of thiophene rings is 1. The summed E-state index contributed by atoms with van der Waals surface area (Å²) in [5.41, 5.74) is 2.67. The molecule has 0 saturated carbocycles. The van der Waals surface area contributed by atoms with Crippen molar-refractivity contribution in [3.63, 3.8) is 0 Å². The van der Waals surface area contributed by atoms with E-state index < -0.39 is 5.79 Å². The van der Waals surface area contributed by atoms with E-state index >= 15 is 0 Å². The van der Waals surface area contributed by atoms with Gasteiger partial charge in [-0.2, -0.15) is 0 Å². The lowest BCUT2D eigenvalue weighted by Crippen LogP contribution is -2.46. The molecule has 5 heteroatoms. The van der Waals surface area contributed by atoms with Gasteiger partial charge in [-0.15, -0.1) is 11.3 Å². The Bertz CT molecular complexity index is 764. The molecule has 5 rings (SSSR count). The van der Waals surface area contributed by atoms with Crippen LogP contribution in [0.3, 0.4) is 0 Å². The number of ether oxygens (including phenoxy) is 2. The Balaban J connectivity index is 1.10. The molecule has 1 atom stereocenters. The van der Waals surface area contributed by atoms with Crippen molar-refractivity contribution in [2.75, 3.05) is 50.8 Å². The highest BCUT2D eigenvalue weighted by molar-refractivity contribution is 7.10. The molecule has 0 N–H and O–H groups in total. The van der Waals surface area contributed by atoms with Gasteiger partial charge in [0.1, 0.15) is 0 Å². The highest BCUT2D eigenvalue weighted by atomic mass is 32.1. The summed E-state index contributed by atoms with van der Waals surface area (Å²) in [6.07, 6.45) is 4.76. The number of anilines is 1. The third kappa shape index (κ3) is 3.73. The highest BCUT2D eigenvalue weighted by Gasteiger charge is 2.45. The summed E-state index contributed by atoms with van der Waals surface area (Å²) < 4.78 is 12.2. The second-order valence-corrected chi connectivity index (χ2v) is 9.29. The summed E-state index contributed by atoms with van der Waals surface area (Å²) in [6.45, 7) is 7.29. The average Bonchev–Trinajstić information content (AvgIpc) is 3.40. The van der Waals surface area contributed by atoms with Crippen LogP contribution in [-0.4, -0.2) is 50.8 Å². The first-order valence-electron chi connectivity index (χ1n) is 10.7. The van der Waals surface area contributed by atoms with Gasteiger partial charge in [0, 0.05) is 48.7 Å². The Labute approximate surface area is 172 Å². The van der Waals surface area contributed by atoms with Crippen molar-refractivity contribution in [2.45, 2.75) is 31.5 Å². The molecule has 150 valence electrons. The van der Waals surface area contributed by atoms with Crippen LogP contribution >= 0.6 is 11.3 Å². The molecule has 0 radical (unpaired) electrons. The van der Waals surface area contributed by atoms with Crippen molar-refractivity contribution in [1.82, 2.24) is 4.90 Å². The van der Waals surface area contributed by atoms with E-state index in [1.165, 1.54) is 55.0 Å². The van der Waals surface area contributed by atoms with Gasteiger partial charge in [-0.25, -0.2) is 0 Å². The molecule has 2 aromatic rings. The van der Waals surface area contributed by atoms with Gasteiger partial charge in [-0.05, 0) is 55.3 Å². The second kappa shape index (κ2) is 8.15. The van der Waals surface area contributed by atoms with Crippen molar-refractivity contribution in [3.05, 3.63) is 52.2 Å². The Morgan fingerprint density at radius 2 is 1.79 bits per heavy atom. The lowest BCUT2D eigenvalue weighted by molar-refractivity contribution is -0.184. The Hall–Kier alpha value is -1.40. The van der Waals surface area contributed by atoms with Crippen LogP contribution in [-0.2, 0) is 21.7 Å². The van der Waals surface area contributed by atoms with Crippen molar-refractivity contribution in [1.29, 1.82) is 0 Å². The first-order chi connectivity index (χ1) is 13.8. The number of hydrogen-bond donors (Lipinski definition) is 0. The zero-order valence-corrected chi connectivity index (χ0v) is 17.3. The molecule has 3 aliphatic rings. The normalized spacial score (nSPS) is 24.6. The molecule has 2 saturated heterocycles. The molecule has 1 aliphatic carbocycles. The third-order valence-corrected chi connectivity index (χ3v) is 7.46. The zero-order valence-electron chi connectivity index (χ0n) is 16.5. The second-order valence-electron chi connectivity index (χ2n) is 8.29. The summed E-state index contributed by atoms with van der Waals surface area (Å²) in [4.78, 5) is 6.63. The number of rotatable bonds is 5.